The maximum atomic E-state index is 12.4. The largest absolute Gasteiger partial charge is 0.514 e. The number of sulfone groups is 1. The van der Waals surface area contributed by atoms with Crippen LogP contribution in [-0.2, 0) is 26.5 Å². The van der Waals surface area contributed by atoms with Gasteiger partial charge < -0.3 is 14.8 Å². The molecule has 1 saturated carbocycles. The highest BCUT2D eigenvalue weighted by Crippen LogP contribution is 2.38. The number of nitrogens with one attached hydrogen (secondary N) is 1. The molecule has 2 heterocycles. The number of nitro benzene ring substituents is 1. The van der Waals surface area contributed by atoms with E-state index in [1.54, 1.807) is 12.1 Å². The Morgan fingerprint density at radius 3 is 2.58 bits per heavy atom. The first kappa shape index (κ1) is 27.6. The number of carbonyl (C=O) groups is 1. The lowest BCUT2D eigenvalue weighted by atomic mass is 10.0. The maximum Gasteiger partial charge on any atom is 0.514 e. The second-order valence-electron chi connectivity index (χ2n) is 11.3. The smallest absolute Gasteiger partial charge is 0.431 e. The summed E-state index contributed by atoms with van der Waals surface area (Å²) in [7, 11) is -3.22. The van der Waals surface area contributed by atoms with E-state index in [1.165, 1.54) is 24.3 Å². The van der Waals surface area contributed by atoms with Crippen molar-refractivity contribution >= 4 is 33.2 Å². The average molecular weight is 569 g/mol. The summed E-state index contributed by atoms with van der Waals surface area (Å²) in [6.45, 7) is 6.18. The van der Waals surface area contributed by atoms with Gasteiger partial charge in [0.05, 0.1) is 26.8 Å². The fourth-order valence-electron chi connectivity index (χ4n) is 5.27. The zero-order valence-corrected chi connectivity index (χ0v) is 23.4. The molecule has 12 heteroatoms. The van der Waals surface area contributed by atoms with Crippen LogP contribution in [0.15, 0.2) is 53.4 Å². The number of aromatic nitrogens is 2. The van der Waals surface area contributed by atoms with Gasteiger partial charge in [0.25, 0.3) is 5.69 Å². The third kappa shape index (κ3) is 5.96. The van der Waals surface area contributed by atoms with Crippen molar-refractivity contribution in [1.82, 2.24) is 9.78 Å². The van der Waals surface area contributed by atoms with E-state index in [4.69, 9.17) is 14.6 Å². The van der Waals surface area contributed by atoms with Crippen molar-refractivity contribution < 1.29 is 27.6 Å². The first-order chi connectivity index (χ1) is 18.9. The molecule has 1 aliphatic heterocycles. The molecule has 1 N–H and O–H groups in total. The monoisotopic (exact) mass is 568 g/mol. The van der Waals surface area contributed by atoms with Gasteiger partial charge in [0.2, 0.25) is 0 Å². The molecule has 0 spiro atoms. The first-order valence-corrected chi connectivity index (χ1v) is 14.9. The van der Waals surface area contributed by atoms with E-state index in [2.05, 4.69) is 26.1 Å². The van der Waals surface area contributed by atoms with E-state index < -0.39 is 20.9 Å². The molecule has 0 amide bonds. The van der Waals surface area contributed by atoms with Crippen LogP contribution in [0, 0.1) is 10.1 Å². The molecule has 1 aliphatic carbocycles. The highest BCUT2D eigenvalue weighted by molar-refractivity contribution is 7.91. The van der Waals surface area contributed by atoms with E-state index in [9.17, 15) is 23.3 Å². The number of fused-ring (bicyclic) bond motifs is 1. The summed E-state index contributed by atoms with van der Waals surface area (Å²) < 4.78 is 37.4. The van der Waals surface area contributed by atoms with Crippen molar-refractivity contribution in [2.75, 3.05) is 11.1 Å². The van der Waals surface area contributed by atoms with E-state index in [0.717, 1.165) is 35.6 Å². The number of nitro groups is 1. The molecule has 0 bridgehead atoms. The Kier molecular flexibility index (Phi) is 7.30. The average Bonchev–Trinajstić information content (AvgIpc) is 3.51. The molecular formula is C28H32N4O7S. The van der Waals surface area contributed by atoms with E-state index >= 15 is 0 Å². The second kappa shape index (κ2) is 10.6. The molecule has 0 saturated heterocycles. The summed E-state index contributed by atoms with van der Waals surface area (Å²) in [6.07, 6.45) is 2.19. The quantitative estimate of drug-likeness (QED) is 0.167. The SMILES string of the molecule is CC(C)(C)n1nc([C@H]2CC[C@@H](OC(=O)Oc3ccc([N+](=O)[O-])cc3)C2)cc1Nc1ccc2c(c1)CCCS2(=O)=O. The number of hydrogen-bond donors (Lipinski definition) is 1. The summed E-state index contributed by atoms with van der Waals surface area (Å²) in [6, 6.07) is 12.6. The fourth-order valence-corrected chi connectivity index (χ4v) is 6.85. The van der Waals surface area contributed by atoms with Gasteiger partial charge in [0.1, 0.15) is 17.7 Å². The molecular weight excluding hydrogens is 536 g/mol. The predicted octanol–water partition coefficient (Wildman–Crippen LogP) is 5.86. The number of benzene rings is 2. The molecule has 40 heavy (non-hydrogen) atoms. The van der Waals surface area contributed by atoms with Gasteiger partial charge in [-0.3, -0.25) is 10.1 Å². The number of non-ortho nitro benzene ring substituents is 1. The lowest BCUT2D eigenvalue weighted by Gasteiger charge is -2.23. The van der Waals surface area contributed by atoms with Crippen molar-refractivity contribution in [1.29, 1.82) is 0 Å². The minimum atomic E-state index is -3.22. The van der Waals surface area contributed by atoms with Gasteiger partial charge in [-0.2, -0.15) is 5.10 Å². The topological polar surface area (TPSA) is 143 Å². The zero-order chi connectivity index (χ0) is 28.7. The van der Waals surface area contributed by atoms with Crippen LogP contribution in [0.4, 0.5) is 22.0 Å². The Labute approximate surface area is 232 Å². The highest BCUT2D eigenvalue weighted by atomic mass is 32.2. The lowest BCUT2D eigenvalue weighted by Crippen LogP contribution is -2.25. The number of hydrogen-bond acceptors (Lipinski definition) is 9. The Morgan fingerprint density at radius 2 is 1.88 bits per heavy atom. The minimum absolute atomic E-state index is 0.0787. The van der Waals surface area contributed by atoms with Gasteiger partial charge in [0, 0.05) is 29.8 Å². The number of carbonyl (C=O) groups excluding carboxylic acids is 1. The van der Waals surface area contributed by atoms with Crippen LogP contribution >= 0.6 is 0 Å². The van der Waals surface area contributed by atoms with E-state index in [1.807, 2.05) is 16.8 Å². The number of aryl methyl sites for hydroxylation is 1. The molecule has 3 aromatic rings. The Morgan fingerprint density at radius 1 is 1.12 bits per heavy atom. The normalized spacial score (nSPS) is 20.0. The number of ether oxygens (including phenoxy) is 2. The molecule has 1 aromatic heterocycles. The van der Waals surface area contributed by atoms with Gasteiger partial charge in [-0.05, 0) is 88.8 Å². The van der Waals surface area contributed by atoms with Crippen molar-refractivity contribution in [3.63, 3.8) is 0 Å². The van der Waals surface area contributed by atoms with Crippen LogP contribution in [0.3, 0.4) is 0 Å². The first-order valence-electron chi connectivity index (χ1n) is 13.2. The maximum absolute atomic E-state index is 12.4. The van der Waals surface area contributed by atoms with Crippen molar-refractivity contribution in [3.05, 3.63) is 69.9 Å². The molecule has 2 atom stereocenters. The molecule has 212 valence electrons. The number of nitrogens with zero attached hydrogens (tertiary/aromatic N) is 3. The molecule has 0 radical (unpaired) electrons. The van der Waals surface area contributed by atoms with Crippen LogP contribution in [0.5, 0.6) is 5.75 Å². The van der Waals surface area contributed by atoms with Crippen LogP contribution < -0.4 is 10.1 Å². The second-order valence-corrected chi connectivity index (χ2v) is 13.3. The third-order valence-electron chi connectivity index (χ3n) is 7.21. The Bertz CT molecular complexity index is 1540. The zero-order valence-electron chi connectivity index (χ0n) is 22.6. The van der Waals surface area contributed by atoms with E-state index in [0.29, 0.717) is 24.2 Å². The Balaban J connectivity index is 1.26. The predicted molar refractivity (Wildman–Crippen MR) is 148 cm³/mol. The molecule has 2 aliphatic rings. The van der Waals surface area contributed by atoms with Gasteiger partial charge >= 0.3 is 6.16 Å². The number of anilines is 2. The Hall–Kier alpha value is -3.93. The molecule has 1 fully saturated rings. The van der Waals surface area contributed by atoms with Gasteiger partial charge in [-0.25, -0.2) is 17.9 Å². The lowest BCUT2D eigenvalue weighted by molar-refractivity contribution is -0.384. The van der Waals surface area contributed by atoms with Crippen molar-refractivity contribution in [3.8, 4) is 5.75 Å². The van der Waals surface area contributed by atoms with Crippen LogP contribution in [-0.4, -0.2) is 41.1 Å². The van der Waals surface area contributed by atoms with Gasteiger partial charge in [-0.1, -0.05) is 0 Å². The summed E-state index contributed by atoms with van der Waals surface area (Å²) in [5.41, 5.74) is 2.10. The fraction of sp³-hybridized carbons (Fsp3) is 0.429. The van der Waals surface area contributed by atoms with Crippen molar-refractivity contribution in [2.24, 2.45) is 0 Å². The van der Waals surface area contributed by atoms with Crippen LogP contribution in [0.1, 0.15) is 63.6 Å². The van der Waals surface area contributed by atoms with Gasteiger partial charge in [0.15, 0.2) is 9.84 Å². The summed E-state index contributed by atoms with van der Waals surface area (Å²) in [4.78, 5) is 23.0. The molecule has 2 aromatic carbocycles. The standard InChI is InChI=1S/C28H32N4O7S/c1-28(2,3)31-26(29-20-7-13-25-19(15-20)5-4-14-40(25,36)37)17-24(30-31)18-6-10-23(16-18)39-27(33)38-22-11-8-21(9-12-22)32(34)35/h7-9,11-13,15,17-18,23,29H,4-6,10,14,16H2,1-3H3/t18-,23+/m0/s1. The van der Waals surface area contributed by atoms with Crippen molar-refractivity contribution in [2.45, 2.75) is 75.3 Å². The summed E-state index contributed by atoms with van der Waals surface area (Å²) >= 11 is 0. The van der Waals surface area contributed by atoms with Crippen LogP contribution in [0.25, 0.3) is 0 Å². The highest BCUT2D eigenvalue weighted by Gasteiger charge is 2.33. The van der Waals surface area contributed by atoms with Crippen LogP contribution in [0.2, 0.25) is 0 Å². The molecule has 11 nitrogen and oxygen atoms in total. The molecule has 0 unspecified atom stereocenters. The number of rotatable bonds is 6. The minimum Gasteiger partial charge on any atom is -0.431 e. The van der Waals surface area contributed by atoms with E-state index in [-0.39, 0.29) is 34.8 Å². The summed E-state index contributed by atoms with van der Waals surface area (Å²) in [5.74, 6) is 1.23. The summed E-state index contributed by atoms with van der Waals surface area (Å²) in [5, 5.41) is 19.1. The molecule has 5 rings (SSSR count). The third-order valence-corrected chi connectivity index (χ3v) is 9.10. The van der Waals surface area contributed by atoms with Gasteiger partial charge in [-0.15, -0.1) is 0 Å².